The molecule has 5 rings (SSSR count). The average Bonchev–Trinajstić information content (AvgIpc) is 3.32. The van der Waals surface area contributed by atoms with Crippen molar-refractivity contribution in [2.24, 2.45) is 0 Å². The summed E-state index contributed by atoms with van der Waals surface area (Å²) in [6.45, 7) is 2.15. The van der Waals surface area contributed by atoms with Gasteiger partial charge in [-0.2, -0.15) is 0 Å². The molecule has 0 saturated carbocycles. The molecule has 4 aromatic rings. The van der Waals surface area contributed by atoms with Crippen LogP contribution < -0.4 is 20.2 Å². The number of aryl methyl sites for hydroxylation is 1. The van der Waals surface area contributed by atoms with Crippen molar-refractivity contribution in [1.29, 1.82) is 0 Å². The van der Waals surface area contributed by atoms with E-state index in [1.807, 2.05) is 12.1 Å². The highest BCUT2D eigenvalue weighted by Gasteiger charge is 2.26. The maximum atomic E-state index is 11.8. The van der Waals surface area contributed by atoms with Crippen molar-refractivity contribution in [3.05, 3.63) is 38.6 Å². The highest BCUT2D eigenvalue weighted by atomic mass is 32.1. The van der Waals surface area contributed by atoms with Crippen LogP contribution in [0.2, 0.25) is 0 Å². The first-order valence-electron chi connectivity index (χ1n) is 10.2. The number of amides is 1. The number of hydrogen-bond donors (Lipinski definition) is 3. The molecule has 0 aliphatic heterocycles. The van der Waals surface area contributed by atoms with Gasteiger partial charge in [-0.25, -0.2) is 14.8 Å². The lowest BCUT2D eigenvalue weighted by Gasteiger charge is -2.23. The van der Waals surface area contributed by atoms with Gasteiger partial charge in [0, 0.05) is 23.4 Å². The van der Waals surface area contributed by atoms with Crippen molar-refractivity contribution in [3.63, 3.8) is 0 Å². The number of thiazole rings is 1. The fourth-order valence-corrected chi connectivity index (χ4v) is 6.06. The van der Waals surface area contributed by atoms with Crippen molar-refractivity contribution in [1.82, 2.24) is 20.3 Å². The summed E-state index contributed by atoms with van der Waals surface area (Å²) in [5.74, 6) is 1.31. The standard InChI is InChI=1S/C21H21N5O4S2/c1-3-30-20(27)24-10-4-5-11-15(6-10)31-19-17(11)18(22-9-23-19)25-12-8-16-13(7-14(12)29-2)26-21(28)32-16/h7-10H,3-6H2,1-2H3,(H,24,27)(H,26,28)(H,22,23,25). The molecule has 1 unspecified atom stereocenters. The summed E-state index contributed by atoms with van der Waals surface area (Å²) in [4.78, 5) is 37.3. The number of carbonyl (C=O) groups is 1. The highest BCUT2D eigenvalue weighted by Crippen LogP contribution is 2.40. The van der Waals surface area contributed by atoms with E-state index in [0.717, 1.165) is 56.7 Å². The Labute approximate surface area is 190 Å². The summed E-state index contributed by atoms with van der Waals surface area (Å²) in [5.41, 5.74) is 2.68. The summed E-state index contributed by atoms with van der Waals surface area (Å²) in [6, 6.07) is 3.74. The normalized spacial score (nSPS) is 15.5. The van der Waals surface area contributed by atoms with E-state index in [0.29, 0.717) is 18.2 Å². The Kier molecular flexibility index (Phi) is 5.43. The molecule has 3 N–H and O–H groups in total. The molecule has 166 valence electrons. The van der Waals surface area contributed by atoms with Crippen LogP contribution in [0.5, 0.6) is 5.75 Å². The van der Waals surface area contributed by atoms with Crippen LogP contribution in [0.3, 0.4) is 0 Å². The van der Waals surface area contributed by atoms with Crippen molar-refractivity contribution in [2.75, 3.05) is 19.0 Å². The first-order valence-corrected chi connectivity index (χ1v) is 11.9. The second kappa shape index (κ2) is 8.40. The van der Waals surface area contributed by atoms with Crippen LogP contribution in [-0.2, 0) is 17.6 Å². The molecule has 1 atom stereocenters. The van der Waals surface area contributed by atoms with E-state index in [1.54, 1.807) is 31.7 Å². The Balaban J connectivity index is 1.49. The Hall–Kier alpha value is -3.18. The van der Waals surface area contributed by atoms with E-state index in [9.17, 15) is 9.59 Å². The minimum absolute atomic E-state index is 0.0397. The molecule has 11 heteroatoms. The third kappa shape index (κ3) is 3.78. The molecule has 0 saturated heterocycles. The monoisotopic (exact) mass is 471 g/mol. The highest BCUT2D eigenvalue weighted by molar-refractivity contribution is 7.19. The number of nitrogens with one attached hydrogen (secondary N) is 3. The maximum absolute atomic E-state index is 11.8. The molecule has 1 aliphatic rings. The smallest absolute Gasteiger partial charge is 0.407 e. The van der Waals surface area contributed by atoms with Crippen LogP contribution in [0.15, 0.2) is 23.3 Å². The number of ether oxygens (including phenoxy) is 2. The van der Waals surface area contributed by atoms with Crippen molar-refractivity contribution >= 4 is 60.7 Å². The minimum Gasteiger partial charge on any atom is -0.494 e. The molecule has 32 heavy (non-hydrogen) atoms. The number of carbonyl (C=O) groups excluding carboxylic acids is 1. The number of benzene rings is 1. The lowest BCUT2D eigenvalue weighted by atomic mass is 9.93. The zero-order valence-corrected chi connectivity index (χ0v) is 19.1. The molecule has 0 bridgehead atoms. The van der Waals surface area contributed by atoms with E-state index in [4.69, 9.17) is 9.47 Å². The van der Waals surface area contributed by atoms with Gasteiger partial charge in [0.25, 0.3) is 0 Å². The number of aromatic nitrogens is 3. The van der Waals surface area contributed by atoms with Crippen molar-refractivity contribution in [3.8, 4) is 5.75 Å². The number of H-pyrrole nitrogens is 1. The Morgan fingerprint density at radius 3 is 3.00 bits per heavy atom. The molecule has 9 nitrogen and oxygen atoms in total. The van der Waals surface area contributed by atoms with Gasteiger partial charge in [0.05, 0.1) is 35.0 Å². The van der Waals surface area contributed by atoms with Crippen molar-refractivity contribution < 1.29 is 14.3 Å². The molecule has 0 fully saturated rings. The van der Waals surface area contributed by atoms with E-state index < -0.39 is 0 Å². The predicted molar refractivity (Wildman–Crippen MR) is 126 cm³/mol. The number of rotatable bonds is 5. The molecular weight excluding hydrogens is 450 g/mol. The Bertz CT molecular complexity index is 1380. The Morgan fingerprint density at radius 2 is 2.19 bits per heavy atom. The summed E-state index contributed by atoms with van der Waals surface area (Å²) in [7, 11) is 1.59. The third-order valence-electron chi connectivity index (χ3n) is 5.44. The van der Waals surface area contributed by atoms with Crippen LogP contribution in [0.1, 0.15) is 23.8 Å². The number of anilines is 2. The lowest BCUT2D eigenvalue weighted by molar-refractivity contribution is 0.147. The van der Waals surface area contributed by atoms with Crippen LogP contribution in [0.4, 0.5) is 16.3 Å². The summed E-state index contributed by atoms with van der Waals surface area (Å²) in [6.07, 6.45) is 3.53. The quantitative estimate of drug-likeness (QED) is 0.403. The summed E-state index contributed by atoms with van der Waals surface area (Å²) < 4.78 is 11.4. The molecule has 1 aliphatic carbocycles. The second-order valence-corrected chi connectivity index (χ2v) is 9.50. The van der Waals surface area contributed by atoms with Crippen LogP contribution >= 0.6 is 22.7 Å². The van der Waals surface area contributed by atoms with Gasteiger partial charge in [0.2, 0.25) is 0 Å². The largest absolute Gasteiger partial charge is 0.494 e. The molecule has 1 aromatic carbocycles. The van der Waals surface area contributed by atoms with Gasteiger partial charge in [-0.3, -0.25) is 4.79 Å². The second-order valence-electron chi connectivity index (χ2n) is 7.40. The van der Waals surface area contributed by atoms with Crippen LogP contribution in [-0.4, -0.2) is 40.8 Å². The van der Waals surface area contributed by atoms with Gasteiger partial charge in [-0.1, -0.05) is 11.3 Å². The van der Waals surface area contributed by atoms with E-state index in [1.165, 1.54) is 10.4 Å². The summed E-state index contributed by atoms with van der Waals surface area (Å²) >= 11 is 2.78. The SMILES string of the molecule is CCOC(=O)NC1CCc2c(sc3ncnc(Nc4cc5sc(=O)[nH]c5cc4OC)c23)C1. The third-order valence-corrected chi connectivity index (χ3v) is 7.44. The number of fused-ring (bicyclic) bond motifs is 4. The number of alkyl carbamates (subject to hydrolysis) is 1. The van der Waals surface area contributed by atoms with E-state index >= 15 is 0 Å². The van der Waals surface area contributed by atoms with Crippen LogP contribution in [0.25, 0.3) is 20.4 Å². The van der Waals surface area contributed by atoms with E-state index in [2.05, 4.69) is 25.6 Å². The first-order chi connectivity index (χ1) is 15.6. The summed E-state index contributed by atoms with van der Waals surface area (Å²) in [5, 5.41) is 7.33. The average molecular weight is 472 g/mol. The molecule has 1 amide bonds. The predicted octanol–water partition coefficient (Wildman–Crippen LogP) is 3.95. The number of thiophene rings is 1. The zero-order chi connectivity index (χ0) is 22.2. The lowest BCUT2D eigenvalue weighted by Crippen LogP contribution is -2.38. The van der Waals surface area contributed by atoms with Crippen LogP contribution in [0, 0.1) is 0 Å². The topological polar surface area (TPSA) is 118 Å². The molecule has 0 radical (unpaired) electrons. The Morgan fingerprint density at radius 1 is 1.31 bits per heavy atom. The number of nitrogens with zero attached hydrogens (tertiary/aromatic N) is 2. The molecular formula is C21H21N5O4S2. The number of hydrogen-bond acceptors (Lipinski definition) is 9. The number of methoxy groups -OCH3 is 1. The molecule has 0 spiro atoms. The molecule has 3 heterocycles. The van der Waals surface area contributed by atoms with Gasteiger partial charge < -0.3 is 25.1 Å². The van der Waals surface area contributed by atoms with Gasteiger partial charge in [-0.15, -0.1) is 11.3 Å². The number of aromatic amines is 1. The van der Waals surface area contributed by atoms with E-state index in [-0.39, 0.29) is 17.0 Å². The zero-order valence-electron chi connectivity index (χ0n) is 17.5. The fourth-order valence-electron chi connectivity index (χ4n) is 4.04. The van der Waals surface area contributed by atoms with Gasteiger partial charge in [0.1, 0.15) is 22.7 Å². The van der Waals surface area contributed by atoms with Crippen molar-refractivity contribution in [2.45, 2.75) is 32.2 Å². The molecule has 3 aromatic heterocycles. The fraction of sp³-hybridized carbons (Fsp3) is 0.333. The van der Waals surface area contributed by atoms with Gasteiger partial charge in [0.15, 0.2) is 0 Å². The maximum Gasteiger partial charge on any atom is 0.407 e. The first kappa shape index (κ1) is 20.7. The van der Waals surface area contributed by atoms with Gasteiger partial charge in [-0.05, 0) is 31.4 Å². The minimum atomic E-state index is -0.376. The van der Waals surface area contributed by atoms with Gasteiger partial charge >= 0.3 is 11.0 Å².